The molecule has 170 valence electrons. The summed E-state index contributed by atoms with van der Waals surface area (Å²) in [6.07, 6.45) is 2.07. The maximum atomic E-state index is 13.7. The number of hydrogen-bond acceptors (Lipinski definition) is 3. The SMILES string of the molecule is C[C@@H]1C[C@@H](N(C(=O)Nc2ccccc2)c2ccccc2)c2ccccc2N1C(=O)c1ccco1. The molecule has 0 saturated carbocycles. The number of carbonyl (C=O) groups is 2. The van der Waals surface area contributed by atoms with Crippen molar-refractivity contribution in [2.45, 2.75) is 25.4 Å². The molecule has 1 N–H and O–H groups in total. The molecule has 0 fully saturated rings. The largest absolute Gasteiger partial charge is 0.459 e. The normalized spacial score (nSPS) is 17.0. The van der Waals surface area contributed by atoms with E-state index in [9.17, 15) is 9.59 Å². The Labute approximate surface area is 198 Å². The van der Waals surface area contributed by atoms with Gasteiger partial charge in [0.05, 0.1) is 12.3 Å². The third-order valence-corrected chi connectivity index (χ3v) is 6.10. The molecule has 0 radical (unpaired) electrons. The molecular formula is C28H25N3O3. The van der Waals surface area contributed by atoms with Crippen molar-refractivity contribution in [1.29, 1.82) is 0 Å². The van der Waals surface area contributed by atoms with Crippen LogP contribution in [0.5, 0.6) is 0 Å². The van der Waals surface area contributed by atoms with Crippen LogP contribution in [-0.4, -0.2) is 18.0 Å². The molecule has 6 nitrogen and oxygen atoms in total. The van der Waals surface area contributed by atoms with E-state index in [2.05, 4.69) is 5.32 Å². The summed E-state index contributed by atoms with van der Waals surface area (Å²) in [6.45, 7) is 2.00. The van der Waals surface area contributed by atoms with Gasteiger partial charge in [0.25, 0.3) is 5.91 Å². The Kier molecular flexibility index (Phi) is 5.87. The molecule has 0 saturated heterocycles. The Morgan fingerprint density at radius 2 is 1.56 bits per heavy atom. The average Bonchev–Trinajstić information content (AvgIpc) is 3.40. The van der Waals surface area contributed by atoms with Gasteiger partial charge in [-0.3, -0.25) is 9.69 Å². The lowest BCUT2D eigenvalue weighted by molar-refractivity contribution is 0.0946. The minimum absolute atomic E-state index is 0.159. The molecule has 3 aromatic carbocycles. The summed E-state index contributed by atoms with van der Waals surface area (Å²) in [5, 5.41) is 3.03. The second-order valence-corrected chi connectivity index (χ2v) is 8.31. The summed E-state index contributed by atoms with van der Waals surface area (Å²) in [4.78, 5) is 30.5. The van der Waals surface area contributed by atoms with Crippen LogP contribution >= 0.6 is 0 Å². The van der Waals surface area contributed by atoms with Crippen molar-refractivity contribution in [2.75, 3.05) is 15.1 Å². The fraction of sp³-hybridized carbons (Fsp3) is 0.143. The molecule has 2 heterocycles. The molecule has 34 heavy (non-hydrogen) atoms. The molecule has 2 atom stereocenters. The second-order valence-electron chi connectivity index (χ2n) is 8.31. The highest BCUT2D eigenvalue weighted by Crippen LogP contribution is 2.42. The van der Waals surface area contributed by atoms with Crippen LogP contribution in [0.3, 0.4) is 0 Å². The van der Waals surface area contributed by atoms with Crippen LogP contribution in [0, 0.1) is 0 Å². The number of carbonyl (C=O) groups excluding carboxylic acids is 2. The molecule has 6 heteroatoms. The van der Waals surface area contributed by atoms with Gasteiger partial charge < -0.3 is 14.6 Å². The fourth-order valence-corrected chi connectivity index (χ4v) is 4.59. The van der Waals surface area contributed by atoms with Crippen molar-refractivity contribution < 1.29 is 14.0 Å². The van der Waals surface area contributed by atoms with E-state index in [1.54, 1.807) is 21.9 Å². The van der Waals surface area contributed by atoms with Crippen LogP contribution in [0.25, 0.3) is 0 Å². The van der Waals surface area contributed by atoms with Crippen molar-refractivity contribution in [3.8, 4) is 0 Å². The number of benzene rings is 3. The molecule has 0 spiro atoms. The smallest absolute Gasteiger partial charge is 0.326 e. The Bertz CT molecular complexity index is 1270. The zero-order valence-electron chi connectivity index (χ0n) is 18.8. The summed E-state index contributed by atoms with van der Waals surface area (Å²) < 4.78 is 5.39. The van der Waals surface area contributed by atoms with Crippen molar-refractivity contribution in [3.63, 3.8) is 0 Å². The molecule has 4 aromatic rings. The first kappa shape index (κ1) is 21.5. The zero-order valence-corrected chi connectivity index (χ0v) is 18.8. The van der Waals surface area contributed by atoms with Gasteiger partial charge in [0, 0.05) is 23.1 Å². The summed E-state index contributed by atoms with van der Waals surface area (Å²) >= 11 is 0. The topological polar surface area (TPSA) is 65.8 Å². The molecule has 0 aliphatic carbocycles. The highest BCUT2D eigenvalue weighted by atomic mass is 16.3. The monoisotopic (exact) mass is 451 g/mol. The Balaban J connectivity index is 1.56. The van der Waals surface area contributed by atoms with Gasteiger partial charge in [-0.25, -0.2) is 4.79 Å². The van der Waals surface area contributed by atoms with Gasteiger partial charge in [-0.15, -0.1) is 0 Å². The number of anilines is 3. The van der Waals surface area contributed by atoms with Crippen LogP contribution in [0.1, 0.15) is 35.5 Å². The molecule has 5 rings (SSSR count). The van der Waals surface area contributed by atoms with Crippen LogP contribution in [0.4, 0.5) is 21.9 Å². The standard InChI is InChI=1S/C28H25N3O3/c1-20-19-25(23-15-8-9-16-24(23)30(20)27(32)26-17-10-18-34-26)31(22-13-6-3-7-14-22)28(33)29-21-11-4-2-5-12-21/h2-18,20,25H,19H2,1H3,(H,29,33)/t20-,25-/m1/s1. The molecule has 1 aromatic heterocycles. The van der Waals surface area contributed by atoms with E-state index in [-0.39, 0.29) is 24.0 Å². The van der Waals surface area contributed by atoms with Gasteiger partial charge in [0.15, 0.2) is 5.76 Å². The molecule has 1 aliphatic rings. The molecule has 1 aliphatic heterocycles. The van der Waals surface area contributed by atoms with E-state index in [0.29, 0.717) is 12.2 Å². The minimum atomic E-state index is -0.266. The third kappa shape index (κ3) is 4.06. The van der Waals surface area contributed by atoms with E-state index < -0.39 is 0 Å². The van der Waals surface area contributed by atoms with E-state index in [4.69, 9.17) is 4.42 Å². The van der Waals surface area contributed by atoms with E-state index in [0.717, 1.165) is 22.6 Å². The van der Waals surface area contributed by atoms with Crippen molar-refractivity contribution in [2.24, 2.45) is 0 Å². The highest BCUT2D eigenvalue weighted by Gasteiger charge is 2.39. The number of urea groups is 1. The van der Waals surface area contributed by atoms with E-state index in [1.165, 1.54) is 6.26 Å². The number of nitrogens with one attached hydrogen (secondary N) is 1. The quantitative estimate of drug-likeness (QED) is 0.385. The number of para-hydroxylation sites is 3. The number of fused-ring (bicyclic) bond motifs is 1. The number of rotatable bonds is 4. The van der Waals surface area contributed by atoms with Gasteiger partial charge >= 0.3 is 6.03 Å². The van der Waals surface area contributed by atoms with Gasteiger partial charge in [-0.1, -0.05) is 54.6 Å². The molecule has 3 amide bonds. The fourth-order valence-electron chi connectivity index (χ4n) is 4.59. The summed E-state index contributed by atoms with van der Waals surface area (Å²) in [7, 11) is 0. The molecule has 0 bridgehead atoms. The van der Waals surface area contributed by atoms with E-state index >= 15 is 0 Å². The maximum Gasteiger partial charge on any atom is 0.326 e. The Hall–Kier alpha value is -4.32. The lowest BCUT2D eigenvalue weighted by Gasteiger charge is -2.43. The first-order chi connectivity index (χ1) is 16.6. The Morgan fingerprint density at radius 1 is 0.882 bits per heavy atom. The van der Waals surface area contributed by atoms with Gasteiger partial charge in [0.2, 0.25) is 0 Å². The predicted octanol–water partition coefficient (Wildman–Crippen LogP) is 6.50. The van der Waals surface area contributed by atoms with Crippen molar-refractivity contribution in [3.05, 3.63) is 115 Å². The summed E-state index contributed by atoms with van der Waals surface area (Å²) in [5.41, 5.74) is 3.20. The number of amides is 3. The molecule has 0 unspecified atom stereocenters. The van der Waals surface area contributed by atoms with Crippen LogP contribution in [0.2, 0.25) is 0 Å². The average molecular weight is 452 g/mol. The van der Waals surface area contributed by atoms with Crippen molar-refractivity contribution in [1.82, 2.24) is 0 Å². The van der Waals surface area contributed by atoms with Crippen LogP contribution in [0.15, 0.2) is 108 Å². The number of hydrogen-bond donors (Lipinski definition) is 1. The first-order valence-corrected chi connectivity index (χ1v) is 11.3. The summed E-state index contributed by atoms with van der Waals surface area (Å²) in [6, 6.07) is 29.5. The van der Waals surface area contributed by atoms with Crippen LogP contribution in [-0.2, 0) is 0 Å². The van der Waals surface area contributed by atoms with E-state index in [1.807, 2.05) is 91.9 Å². The lowest BCUT2D eigenvalue weighted by atomic mass is 9.90. The zero-order chi connectivity index (χ0) is 23.5. The van der Waals surface area contributed by atoms with Gasteiger partial charge in [0.1, 0.15) is 0 Å². The van der Waals surface area contributed by atoms with Crippen molar-refractivity contribution >= 4 is 29.0 Å². The summed E-state index contributed by atoms with van der Waals surface area (Å²) in [5.74, 6) is 0.102. The highest BCUT2D eigenvalue weighted by molar-refractivity contribution is 6.06. The second kappa shape index (κ2) is 9.27. The Morgan fingerprint density at radius 3 is 2.26 bits per heavy atom. The minimum Gasteiger partial charge on any atom is -0.459 e. The predicted molar refractivity (Wildman–Crippen MR) is 133 cm³/mol. The van der Waals surface area contributed by atoms with Crippen LogP contribution < -0.4 is 15.1 Å². The van der Waals surface area contributed by atoms with Gasteiger partial charge in [-0.2, -0.15) is 0 Å². The first-order valence-electron chi connectivity index (χ1n) is 11.3. The third-order valence-electron chi connectivity index (χ3n) is 6.10. The number of nitrogens with zero attached hydrogens (tertiary/aromatic N) is 2. The lowest BCUT2D eigenvalue weighted by Crippen LogP contribution is -2.48. The molecular weight excluding hydrogens is 426 g/mol. The number of furan rings is 1. The van der Waals surface area contributed by atoms with Gasteiger partial charge in [-0.05, 0) is 61.4 Å². The maximum absolute atomic E-state index is 13.7.